The third-order valence-corrected chi connectivity index (χ3v) is 3.94. The molecule has 7 nitrogen and oxygen atoms in total. The van der Waals surface area contributed by atoms with Crippen LogP contribution in [0, 0.1) is 11.3 Å². The van der Waals surface area contributed by atoms with E-state index in [0.29, 0.717) is 25.3 Å². The van der Waals surface area contributed by atoms with Crippen molar-refractivity contribution in [1.29, 1.82) is 5.26 Å². The Bertz CT molecular complexity index is 650. The molecule has 2 heterocycles. The second-order valence-corrected chi connectivity index (χ2v) is 5.63. The molecule has 1 aliphatic rings. The molecule has 1 aromatic heterocycles. The molecule has 0 aliphatic carbocycles. The standard InChI is InChI=1S/C16H19N5O2/c17-9-13-1-3-14(4-2-13)16(22)12-20-7-8-23-15(10-20)11-21-6-5-18-19-21/h1-6,15-16,22H,7-8,10-12H2. The second-order valence-electron chi connectivity index (χ2n) is 5.63. The number of nitrogens with zero attached hydrogens (tertiary/aromatic N) is 5. The average Bonchev–Trinajstić information content (AvgIpc) is 3.08. The topological polar surface area (TPSA) is 87.2 Å². The highest BCUT2D eigenvalue weighted by molar-refractivity contribution is 5.32. The molecule has 2 unspecified atom stereocenters. The molecule has 0 saturated carbocycles. The van der Waals surface area contributed by atoms with Gasteiger partial charge >= 0.3 is 0 Å². The van der Waals surface area contributed by atoms with Gasteiger partial charge in [0.2, 0.25) is 0 Å². The fraction of sp³-hybridized carbons (Fsp3) is 0.438. The molecule has 2 atom stereocenters. The minimum Gasteiger partial charge on any atom is -0.387 e. The van der Waals surface area contributed by atoms with E-state index in [1.807, 2.05) is 6.20 Å². The quantitative estimate of drug-likeness (QED) is 0.869. The summed E-state index contributed by atoms with van der Waals surface area (Å²) >= 11 is 0. The van der Waals surface area contributed by atoms with Gasteiger partial charge in [0.05, 0.1) is 43.2 Å². The van der Waals surface area contributed by atoms with Crippen LogP contribution in [0.1, 0.15) is 17.2 Å². The fourth-order valence-electron chi connectivity index (χ4n) is 2.73. The number of hydrogen-bond acceptors (Lipinski definition) is 6. The number of aliphatic hydroxyl groups excluding tert-OH is 1. The van der Waals surface area contributed by atoms with Crippen molar-refractivity contribution in [2.24, 2.45) is 0 Å². The number of β-amino-alcohol motifs (C(OH)–C–C–N with tert-alkyl or cyclic N) is 1. The summed E-state index contributed by atoms with van der Waals surface area (Å²) in [5, 5.41) is 26.9. The summed E-state index contributed by atoms with van der Waals surface area (Å²) in [5.41, 5.74) is 1.42. The third-order valence-electron chi connectivity index (χ3n) is 3.94. The van der Waals surface area contributed by atoms with Crippen LogP contribution in [0.3, 0.4) is 0 Å². The average molecular weight is 313 g/mol. The highest BCUT2D eigenvalue weighted by atomic mass is 16.5. The van der Waals surface area contributed by atoms with Gasteiger partial charge in [-0.25, -0.2) is 4.68 Å². The number of hydrogen-bond donors (Lipinski definition) is 1. The molecule has 1 saturated heterocycles. The first-order chi connectivity index (χ1) is 11.2. The van der Waals surface area contributed by atoms with Crippen molar-refractivity contribution in [2.45, 2.75) is 18.8 Å². The van der Waals surface area contributed by atoms with Gasteiger partial charge in [0.1, 0.15) is 0 Å². The molecule has 2 aromatic rings. The minimum atomic E-state index is -0.576. The first-order valence-corrected chi connectivity index (χ1v) is 7.61. The van der Waals surface area contributed by atoms with E-state index >= 15 is 0 Å². The molecule has 7 heteroatoms. The van der Waals surface area contributed by atoms with E-state index in [0.717, 1.165) is 18.7 Å². The molecule has 23 heavy (non-hydrogen) atoms. The molecule has 0 bridgehead atoms. The van der Waals surface area contributed by atoms with E-state index in [9.17, 15) is 5.11 Å². The first kappa shape index (κ1) is 15.6. The number of ether oxygens (including phenoxy) is 1. The van der Waals surface area contributed by atoms with E-state index < -0.39 is 6.10 Å². The molecular weight excluding hydrogens is 294 g/mol. The van der Waals surface area contributed by atoms with E-state index in [1.54, 1.807) is 35.1 Å². The van der Waals surface area contributed by atoms with Crippen molar-refractivity contribution >= 4 is 0 Å². The molecule has 1 aromatic carbocycles. The molecule has 0 radical (unpaired) electrons. The first-order valence-electron chi connectivity index (χ1n) is 7.61. The Morgan fingerprint density at radius 2 is 2.22 bits per heavy atom. The van der Waals surface area contributed by atoms with Crippen LogP contribution in [0.5, 0.6) is 0 Å². The molecule has 120 valence electrons. The summed E-state index contributed by atoms with van der Waals surface area (Å²) in [4.78, 5) is 2.19. The number of benzene rings is 1. The van der Waals surface area contributed by atoms with Crippen LogP contribution in [-0.2, 0) is 11.3 Å². The maximum atomic E-state index is 10.4. The lowest BCUT2D eigenvalue weighted by Gasteiger charge is -2.34. The summed E-state index contributed by atoms with van der Waals surface area (Å²) in [6.45, 7) is 3.38. The van der Waals surface area contributed by atoms with Crippen LogP contribution in [0.15, 0.2) is 36.7 Å². The van der Waals surface area contributed by atoms with Crippen LogP contribution in [0.25, 0.3) is 0 Å². The van der Waals surface area contributed by atoms with Crippen LogP contribution < -0.4 is 0 Å². The summed E-state index contributed by atoms with van der Waals surface area (Å²) in [6.07, 6.45) is 2.93. The number of rotatable bonds is 5. The van der Waals surface area contributed by atoms with E-state index in [1.165, 1.54) is 0 Å². The van der Waals surface area contributed by atoms with Crippen molar-refractivity contribution in [3.05, 3.63) is 47.8 Å². The Morgan fingerprint density at radius 3 is 2.91 bits per heavy atom. The number of aliphatic hydroxyl groups is 1. The monoisotopic (exact) mass is 313 g/mol. The highest BCUT2D eigenvalue weighted by Crippen LogP contribution is 2.17. The largest absolute Gasteiger partial charge is 0.387 e. The van der Waals surface area contributed by atoms with Gasteiger partial charge in [-0.05, 0) is 17.7 Å². The van der Waals surface area contributed by atoms with Crippen molar-refractivity contribution < 1.29 is 9.84 Å². The van der Waals surface area contributed by atoms with Gasteiger partial charge in [-0.1, -0.05) is 17.3 Å². The van der Waals surface area contributed by atoms with Gasteiger partial charge in [0, 0.05) is 25.8 Å². The summed E-state index contributed by atoms with van der Waals surface area (Å²) in [5.74, 6) is 0. The summed E-state index contributed by atoms with van der Waals surface area (Å²) < 4.78 is 7.51. The Morgan fingerprint density at radius 1 is 1.39 bits per heavy atom. The van der Waals surface area contributed by atoms with Crippen molar-refractivity contribution in [3.8, 4) is 6.07 Å². The van der Waals surface area contributed by atoms with Crippen molar-refractivity contribution in [3.63, 3.8) is 0 Å². The molecule has 1 aliphatic heterocycles. The predicted octanol–water partition coefficient (Wildman–Crippen LogP) is 0.584. The lowest BCUT2D eigenvalue weighted by molar-refractivity contribution is -0.0488. The third kappa shape index (κ3) is 4.13. The number of morpholine rings is 1. The van der Waals surface area contributed by atoms with Gasteiger partial charge in [-0.15, -0.1) is 5.10 Å². The minimum absolute atomic E-state index is 0.0404. The normalized spacial score (nSPS) is 20.1. The molecule has 3 rings (SSSR count). The van der Waals surface area contributed by atoms with Gasteiger partial charge in [0.15, 0.2) is 0 Å². The van der Waals surface area contributed by atoms with E-state index in [-0.39, 0.29) is 6.10 Å². The summed E-state index contributed by atoms with van der Waals surface area (Å²) in [6, 6.07) is 9.14. The SMILES string of the molecule is N#Cc1ccc(C(O)CN2CCOC(Cn3ccnn3)C2)cc1. The summed E-state index contributed by atoms with van der Waals surface area (Å²) in [7, 11) is 0. The maximum Gasteiger partial charge on any atom is 0.0991 e. The van der Waals surface area contributed by atoms with E-state index in [2.05, 4.69) is 21.3 Å². The van der Waals surface area contributed by atoms with Crippen molar-refractivity contribution in [1.82, 2.24) is 19.9 Å². The smallest absolute Gasteiger partial charge is 0.0991 e. The maximum absolute atomic E-state index is 10.4. The zero-order valence-electron chi connectivity index (χ0n) is 12.7. The Kier molecular flexibility index (Phi) is 4.98. The van der Waals surface area contributed by atoms with Crippen LogP contribution in [-0.4, -0.2) is 57.3 Å². The lowest BCUT2D eigenvalue weighted by Crippen LogP contribution is -2.45. The van der Waals surface area contributed by atoms with Gasteiger partial charge in [-0.3, -0.25) is 4.90 Å². The molecular formula is C16H19N5O2. The van der Waals surface area contributed by atoms with Crippen LogP contribution in [0.2, 0.25) is 0 Å². The second kappa shape index (κ2) is 7.33. The molecule has 1 fully saturated rings. The van der Waals surface area contributed by atoms with Crippen molar-refractivity contribution in [2.75, 3.05) is 26.2 Å². The molecule has 0 spiro atoms. The van der Waals surface area contributed by atoms with Gasteiger partial charge in [-0.2, -0.15) is 5.26 Å². The van der Waals surface area contributed by atoms with Gasteiger partial charge in [0.25, 0.3) is 0 Å². The zero-order valence-corrected chi connectivity index (χ0v) is 12.7. The molecule has 1 N–H and O–H groups in total. The van der Waals surface area contributed by atoms with Crippen LogP contribution >= 0.6 is 0 Å². The lowest BCUT2D eigenvalue weighted by atomic mass is 10.1. The Balaban J connectivity index is 1.55. The fourth-order valence-corrected chi connectivity index (χ4v) is 2.73. The van der Waals surface area contributed by atoms with Gasteiger partial charge < -0.3 is 9.84 Å². The van der Waals surface area contributed by atoms with E-state index in [4.69, 9.17) is 10.00 Å². The Labute approximate surface area is 134 Å². The zero-order chi connectivity index (χ0) is 16.1. The Hall–Kier alpha value is -2.27. The molecule has 0 amide bonds. The predicted molar refractivity (Wildman–Crippen MR) is 82.3 cm³/mol. The number of aromatic nitrogens is 3. The highest BCUT2D eigenvalue weighted by Gasteiger charge is 2.23. The van der Waals surface area contributed by atoms with Crippen LogP contribution in [0.4, 0.5) is 0 Å². The number of nitriles is 1.